The highest BCUT2D eigenvalue weighted by Crippen LogP contribution is 2.12. The van der Waals surface area contributed by atoms with Gasteiger partial charge < -0.3 is 9.88 Å². The largest absolute Gasteiger partial charge is 0.324 e. The SMILES string of the molecule is CCn1cnnc1Nc1ccccc1. The van der Waals surface area contributed by atoms with Gasteiger partial charge in [0.2, 0.25) is 5.95 Å². The Morgan fingerprint density at radius 2 is 2.07 bits per heavy atom. The summed E-state index contributed by atoms with van der Waals surface area (Å²) < 4.78 is 1.95. The van der Waals surface area contributed by atoms with Crippen LogP contribution in [0, 0.1) is 0 Å². The molecule has 0 saturated heterocycles. The van der Waals surface area contributed by atoms with Gasteiger partial charge in [0.05, 0.1) is 0 Å². The van der Waals surface area contributed by atoms with Gasteiger partial charge in [0, 0.05) is 12.2 Å². The van der Waals surface area contributed by atoms with E-state index in [2.05, 4.69) is 22.4 Å². The Morgan fingerprint density at radius 1 is 1.29 bits per heavy atom. The average Bonchev–Trinajstić information content (AvgIpc) is 2.67. The van der Waals surface area contributed by atoms with E-state index in [-0.39, 0.29) is 0 Å². The molecule has 0 aliphatic carbocycles. The molecule has 1 heterocycles. The van der Waals surface area contributed by atoms with Crippen molar-refractivity contribution in [2.45, 2.75) is 13.5 Å². The monoisotopic (exact) mass is 188 g/mol. The minimum Gasteiger partial charge on any atom is -0.324 e. The maximum Gasteiger partial charge on any atom is 0.228 e. The molecule has 2 aromatic rings. The fourth-order valence-electron chi connectivity index (χ4n) is 1.23. The van der Waals surface area contributed by atoms with Crippen LogP contribution in [-0.2, 0) is 6.54 Å². The van der Waals surface area contributed by atoms with Crippen LogP contribution in [0.15, 0.2) is 36.7 Å². The molecule has 0 radical (unpaired) electrons. The lowest BCUT2D eigenvalue weighted by Gasteiger charge is -2.05. The Kier molecular flexibility index (Phi) is 2.44. The van der Waals surface area contributed by atoms with Gasteiger partial charge in [-0.05, 0) is 19.1 Å². The molecule has 14 heavy (non-hydrogen) atoms. The summed E-state index contributed by atoms with van der Waals surface area (Å²) in [6.45, 7) is 2.92. The Hall–Kier alpha value is -1.84. The predicted molar refractivity (Wildman–Crippen MR) is 55.4 cm³/mol. The summed E-state index contributed by atoms with van der Waals surface area (Å²) in [6.07, 6.45) is 1.71. The number of aromatic nitrogens is 3. The molecule has 4 heteroatoms. The number of hydrogen-bond acceptors (Lipinski definition) is 3. The van der Waals surface area contributed by atoms with Gasteiger partial charge in [-0.1, -0.05) is 18.2 Å². The number of benzene rings is 1. The second-order valence-electron chi connectivity index (χ2n) is 2.93. The lowest BCUT2D eigenvalue weighted by Crippen LogP contribution is -2.00. The van der Waals surface area contributed by atoms with Crippen molar-refractivity contribution >= 4 is 11.6 Å². The summed E-state index contributed by atoms with van der Waals surface area (Å²) in [6, 6.07) is 9.93. The quantitative estimate of drug-likeness (QED) is 0.801. The van der Waals surface area contributed by atoms with Crippen LogP contribution >= 0.6 is 0 Å². The molecular formula is C10H12N4. The minimum atomic E-state index is 0.777. The first-order valence-corrected chi connectivity index (χ1v) is 4.60. The summed E-state index contributed by atoms with van der Waals surface area (Å²) in [7, 11) is 0. The Morgan fingerprint density at radius 3 is 2.79 bits per heavy atom. The number of hydrogen-bond donors (Lipinski definition) is 1. The Bertz CT molecular complexity index is 394. The zero-order valence-corrected chi connectivity index (χ0v) is 8.01. The first kappa shape index (κ1) is 8.74. The Balaban J connectivity index is 2.19. The first-order chi connectivity index (χ1) is 6.90. The lowest BCUT2D eigenvalue weighted by atomic mass is 10.3. The van der Waals surface area contributed by atoms with Crippen molar-refractivity contribution in [2.75, 3.05) is 5.32 Å². The highest BCUT2D eigenvalue weighted by molar-refractivity contribution is 5.52. The minimum absolute atomic E-state index is 0.777. The van der Waals surface area contributed by atoms with E-state index in [0.29, 0.717) is 0 Å². The van der Waals surface area contributed by atoms with Crippen molar-refractivity contribution in [1.29, 1.82) is 0 Å². The molecule has 1 aromatic heterocycles. The molecule has 0 aliphatic heterocycles. The fourth-order valence-corrected chi connectivity index (χ4v) is 1.23. The summed E-state index contributed by atoms with van der Waals surface area (Å²) in [4.78, 5) is 0. The van der Waals surface area contributed by atoms with E-state index >= 15 is 0 Å². The van der Waals surface area contributed by atoms with Gasteiger partial charge in [0.1, 0.15) is 6.33 Å². The molecule has 0 unspecified atom stereocenters. The third-order valence-corrected chi connectivity index (χ3v) is 1.99. The van der Waals surface area contributed by atoms with E-state index in [1.807, 2.05) is 34.9 Å². The number of aryl methyl sites for hydroxylation is 1. The van der Waals surface area contributed by atoms with Gasteiger partial charge in [-0.3, -0.25) is 0 Å². The van der Waals surface area contributed by atoms with Crippen molar-refractivity contribution < 1.29 is 0 Å². The van der Waals surface area contributed by atoms with Gasteiger partial charge in [-0.2, -0.15) is 0 Å². The summed E-state index contributed by atoms with van der Waals surface area (Å²) in [5, 5.41) is 11.0. The van der Waals surface area contributed by atoms with Crippen LogP contribution in [0.1, 0.15) is 6.92 Å². The third kappa shape index (κ3) is 1.74. The van der Waals surface area contributed by atoms with Crippen LogP contribution in [0.25, 0.3) is 0 Å². The molecule has 0 saturated carbocycles. The van der Waals surface area contributed by atoms with Crippen LogP contribution in [0.3, 0.4) is 0 Å². The van der Waals surface area contributed by atoms with Crippen molar-refractivity contribution in [3.05, 3.63) is 36.7 Å². The molecule has 0 aliphatic rings. The van der Waals surface area contributed by atoms with Gasteiger partial charge in [0.15, 0.2) is 0 Å². The summed E-state index contributed by atoms with van der Waals surface area (Å²) >= 11 is 0. The molecule has 0 bridgehead atoms. The van der Waals surface area contributed by atoms with Crippen LogP contribution in [0.5, 0.6) is 0 Å². The smallest absolute Gasteiger partial charge is 0.228 e. The highest BCUT2D eigenvalue weighted by Gasteiger charge is 2.00. The molecule has 0 spiro atoms. The Labute approximate surface area is 82.6 Å². The van der Waals surface area contributed by atoms with Crippen molar-refractivity contribution in [3.8, 4) is 0 Å². The van der Waals surface area contributed by atoms with E-state index in [1.165, 1.54) is 0 Å². The van der Waals surface area contributed by atoms with Crippen molar-refractivity contribution in [3.63, 3.8) is 0 Å². The van der Waals surface area contributed by atoms with E-state index in [9.17, 15) is 0 Å². The number of para-hydroxylation sites is 1. The first-order valence-electron chi connectivity index (χ1n) is 4.60. The molecule has 0 amide bonds. The van der Waals surface area contributed by atoms with Gasteiger partial charge in [-0.15, -0.1) is 10.2 Å². The lowest BCUT2D eigenvalue weighted by molar-refractivity contribution is 0.768. The normalized spacial score (nSPS) is 10.1. The van der Waals surface area contributed by atoms with Gasteiger partial charge in [0.25, 0.3) is 0 Å². The van der Waals surface area contributed by atoms with Crippen molar-refractivity contribution in [1.82, 2.24) is 14.8 Å². The fraction of sp³-hybridized carbons (Fsp3) is 0.200. The number of rotatable bonds is 3. The molecule has 1 aromatic carbocycles. The van der Waals surface area contributed by atoms with Crippen LogP contribution in [0.2, 0.25) is 0 Å². The van der Waals surface area contributed by atoms with E-state index in [0.717, 1.165) is 18.2 Å². The van der Waals surface area contributed by atoms with Gasteiger partial charge >= 0.3 is 0 Å². The molecular weight excluding hydrogens is 176 g/mol. The molecule has 2 rings (SSSR count). The molecule has 0 fully saturated rings. The van der Waals surface area contributed by atoms with Crippen LogP contribution in [0.4, 0.5) is 11.6 Å². The van der Waals surface area contributed by atoms with Crippen LogP contribution in [-0.4, -0.2) is 14.8 Å². The van der Waals surface area contributed by atoms with Crippen molar-refractivity contribution in [2.24, 2.45) is 0 Å². The molecule has 1 N–H and O–H groups in total. The molecule has 72 valence electrons. The zero-order chi connectivity index (χ0) is 9.80. The topological polar surface area (TPSA) is 42.7 Å². The third-order valence-electron chi connectivity index (χ3n) is 1.99. The van der Waals surface area contributed by atoms with Gasteiger partial charge in [-0.25, -0.2) is 0 Å². The average molecular weight is 188 g/mol. The summed E-state index contributed by atoms with van der Waals surface area (Å²) in [5.41, 5.74) is 1.02. The maximum atomic E-state index is 3.98. The standard InChI is InChI=1S/C10H12N4/c1-2-14-8-11-13-10(14)12-9-6-4-3-5-7-9/h3-8H,2H2,1H3,(H,12,13). The maximum absolute atomic E-state index is 3.98. The molecule has 4 nitrogen and oxygen atoms in total. The van der Waals surface area contributed by atoms with E-state index in [4.69, 9.17) is 0 Å². The number of anilines is 2. The molecule has 0 atom stereocenters. The summed E-state index contributed by atoms with van der Waals surface area (Å²) in [5.74, 6) is 0.777. The second kappa shape index (κ2) is 3.91. The van der Waals surface area contributed by atoms with E-state index < -0.39 is 0 Å². The van der Waals surface area contributed by atoms with Crippen LogP contribution < -0.4 is 5.32 Å². The second-order valence-corrected chi connectivity index (χ2v) is 2.93. The zero-order valence-electron chi connectivity index (χ0n) is 8.01. The predicted octanol–water partition coefficient (Wildman–Crippen LogP) is 2.04. The highest BCUT2D eigenvalue weighted by atomic mass is 15.3. The van der Waals surface area contributed by atoms with E-state index in [1.54, 1.807) is 6.33 Å². The number of nitrogens with one attached hydrogen (secondary N) is 1. The number of nitrogens with zero attached hydrogens (tertiary/aromatic N) is 3.